The van der Waals surface area contributed by atoms with Crippen molar-refractivity contribution in [3.8, 4) is 0 Å². The van der Waals surface area contributed by atoms with E-state index in [9.17, 15) is 0 Å². The zero-order valence-corrected chi connectivity index (χ0v) is 13.6. The van der Waals surface area contributed by atoms with Gasteiger partial charge in [0.05, 0.1) is 13.2 Å². The maximum absolute atomic E-state index is 5.98. The first kappa shape index (κ1) is 16.8. The van der Waals surface area contributed by atoms with Crippen LogP contribution in [-0.2, 0) is 9.47 Å². The van der Waals surface area contributed by atoms with Gasteiger partial charge in [-0.1, -0.05) is 23.7 Å². The highest BCUT2D eigenvalue weighted by Gasteiger charge is 2.22. The van der Waals surface area contributed by atoms with E-state index in [0.29, 0.717) is 19.1 Å². The lowest BCUT2D eigenvalue weighted by Crippen LogP contribution is -2.24. The largest absolute Gasteiger partial charge is 0.382 e. The molecule has 0 aromatic heterocycles. The molecule has 4 heteroatoms. The molecule has 0 radical (unpaired) electrons. The molecule has 0 bridgehead atoms. The lowest BCUT2D eigenvalue weighted by Gasteiger charge is -2.18. The number of ether oxygens (including phenoxy) is 2. The fourth-order valence-electron chi connectivity index (χ4n) is 2.39. The van der Waals surface area contributed by atoms with Gasteiger partial charge in [0.2, 0.25) is 0 Å². The first-order chi connectivity index (χ1) is 10.3. The summed E-state index contributed by atoms with van der Waals surface area (Å²) in [4.78, 5) is 0. The van der Waals surface area contributed by atoms with Crippen molar-refractivity contribution in [2.24, 2.45) is 0 Å². The molecule has 0 aliphatic heterocycles. The van der Waals surface area contributed by atoms with E-state index in [1.54, 1.807) is 7.11 Å². The fraction of sp³-hybridized carbons (Fsp3) is 0.647. The molecule has 0 heterocycles. The lowest BCUT2D eigenvalue weighted by atomic mass is 9.94. The van der Waals surface area contributed by atoms with Gasteiger partial charge in [-0.3, -0.25) is 0 Å². The molecule has 1 aromatic carbocycles. The summed E-state index contributed by atoms with van der Waals surface area (Å²) in [5.41, 5.74) is 1.37. The summed E-state index contributed by atoms with van der Waals surface area (Å²) in [5.74, 6) is 0.536. The second kappa shape index (κ2) is 9.42. The third-order valence-electron chi connectivity index (χ3n) is 3.84. The molecular formula is C17H26ClNO2. The zero-order valence-electron chi connectivity index (χ0n) is 12.8. The molecule has 1 aromatic rings. The molecule has 1 unspecified atom stereocenters. The Balaban J connectivity index is 1.75. The van der Waals surface area contributed by atoms with Crippen molar-refractivity contribution in [2.45, 2.75) is 37.6 Å². The van der Waals surface area contributed by atoms with E-state index >= 15 is 0 Å². The quantitative estimate of drug-likeness (QED) is 0.633. The van der Waals surface area contributed by atoms with Gasteiger partial charge in [-0.05, 0) is 49.3 Å². The predicted molar refractivity (Wildman–Crippen MR) is 87.1 cm³/mol. The highest BCUT2D eigenvalue weighted by atomic mass is 35.5. The van der Waals surface area contributed by atoms with Crippen molar-refractivity contribution in [1.82, 2.24) is 5.32 Å². The molecule has 118 valence electrons. The van der Waals surface area contributed by atoms with E-state index in [0.717, 1.165) is 37.1 Å². The smallest absolute Gasteiger partial charge is 0.0700 e. The summed E-state index contributed by atoms with van der Waals surface area (Å²) in [7, 11) is 1.70. The minimum Gasteiger partial charge on any atom is -0.382 e. The fourth-order valence-corrected chi connectivity index (χ4v) is 2.52. The van der Waals surface area contributed by atoms with Crippen molar-refractivity contribution >= 4 is 11.6 Å². The molecular weight excluding hydrogens is 286 g/mol. The van der Waals surface area contributed by atoms with Gasteiger partial charge in [-0.25, -0.2) is 0 Å². The molecule has 1 fully saturated rings. The second-order valence-corrected chi connectivity index (χ2v) is 6.11. The van der Waals surface area contributed by atoms with Crippen molar-refractivity contribution in [1.29, 1.82) is 0 Å². The Kier molecular flexibility index (Phi) is 7.51. The average molecular weight is 312 g/mol. The van der Waals surface area contributed by atoms with Crippen molar-refractivity contribution in [3.05, 3.63) is 34.9 Å². The SMILES string of the molecule is COCCOCCCC(CNC1CC1)c1ccc(Cl)cc1. The Morgan fingerprint density at radius 3 is 2.62 bits per heavy atom. The van der Waals surface area contributed by atoms with Crippen molar-refractivity contribution in [3.63, 3.8) is 0 Å². The van der Waals surface area contributed by atoms with Gasteiger partial charge in [-0.2, -0.15) is 0 Å². The van der Waals surface area contributed by atoms with E-state index in [2.05, 4.69) is 17.4 Å². The van der Waals surface area contributed by atoms with Crippen LogP contribution in [0.3, 0.4) is 0 Å². The van der Waals surface area contributed by atoms with Gasteiger partial charge in [0.15, 0.2) is 0 Å². The molecule has 0 saturated heterocycles. The molecule has 1 atom stereocenters. The number of halogens is 1. The maximum Gasteiger partial charge on any atom is 0.0700 e. The number of hydrogen-bond acceptors (Lipinski definition) is 3. The van der Waals surface area contributed by atoms with E-state index in [4.69, 9.17) is 21.1 Å². The van der Waals surface area contributed by atoms with Crippen molar-refractivity contribution in [2.75, 3.05) is 33.5 Å². The number of hydrogen-bond donors (Lipinski definition) is 1. The summed E-state index contributed by atoms with van der Waals surface area (Å²) in [6.07, 6.45) is 4.86. The minimum atomic E-state index is 0.536. The second-order valence-electron chi connectivity index (χ2n) is 5.68. The molecule has 1 aliphatic rings. The minimum absolute atomic E-state index is 0.536. The highest BCUT2D eigenvalue weighted by Crippen LogP contribution is 2.25. The van der Waals surface area contributed by atoms with E-state index in [1.807, 2.05) is 12.1 Å². The number of benzene rings is 1. The molecule has 3 nitrogen and oxygen atoms in total. The standard InChI is InChI=1S/C17H26ClNO2/c1-20-11-12-21-10-2-3-15(13-19-17-8-9-17)14-4-6-16(18)7-5-14/h4-7,15,17,19H,2-3,8-13H2,1H3. The highest BCUT2D eigenvalue weighted by molar-refractivity contribution is 6.30. The topological polar surface area (TPSA) is 30.5 Å². The Hall–Kier alpha value is -0.610. The molecule has 21 heavy (non-hydrogen) atoms. The first-order valence-electron chi connectivity index (χ1n) is 7.85. The van der Waals surface area contributed by atoms with Crippen LogP contribution in [-0.4, -0.2) is 39.5 Å². The van der Waals surface area contributed by atoms with E-state index < -0.39 is 0 Å². The number of rotatable bonds is 11. The molecule has 1 N–H and O–H groups in total. The summed E-state index contributed by atoms with van der Waals surface area (Å²) in [5, 5.41) is 4.44. The average Bonchev–Trinajstić information content (AvgIpc) is 3.31. The Morgan fingerprint density at radius 1 is 1.19 bits per heavy atom. The van der Waals surface area contributed by atoms with Gasteiger partial charge in [0.25, 0.3) is 0 Å². The number of nitrogens with one attached hydrogen (secondary N) is 1. The van der Waals surface area contributed by atoms with Gasteiger partial charge in [0.1, 0.15) is 0 Å². The van der Waals surface area contributed by atoms with Crippen LogP contribution < -0.4 is 5.32 Å². The normalized spacial score (nSPS) is 16.1. The Bertz CT molecular complexity index is 392. The molecule has 1 saturated carbocycles. The van der Waals surface area contributed by atoms with E-state index in [-0.39, 0.29) is 0 Å². The van der Waals surface area contributed by atoms with Crippen LogP contribution in [0.2, 0.25) is 5.02 Å². The lowest BCUT2D eigenvalue weighted by molar-refractivity contribution is 0.0681. The molecule has 1 aliphatic carbocycles. The molecule has 2 rings (SSSR count). The summed E-state index contributed by atoms with van der Waals surface area (Å²) in [6.45, 7) is 3.20. The van der Waals surface area contributed by atoms with Crippen LogP contribution in [0.4, 0.5) is 0 Å². The van der Waals surface area contributed by atoms with Crippen LogP contribution in [0.25, 0.3) is 0 Å². The summed E-state index contributed by atoms with van der Waals surface area (Å²) < 4.78 is 10.5. The van der Waals surface area contributed by atoms with Gasteiger partial charge < -0.3 is 14.8 Å². The number of methoxy groups -OCH3 is 1. The van der Waals surface area contributed by atoms with E-state index in [1.165, 1.54) is 18.4 Å². The first-order valence-corrected chi connectivity index (χ1v) is 8.23. The predicted octanol–water partition coefficient (Wildman–Crippen LogP) is 3.62. The summed E-state index contributed by atoms with van der Waals surface area (Å²) in [6, 6.07) is 9.00. The van der Waals surface area contributed by atoms with Gasteiger partial charge in [0, 0.05) is 31.3 Å². The van der Waals surface area contributed by atoms with Crippen LogP contribution in [0, 0.1) is 0 Å². The maximum atomic E-state index is 5.98. The van der Waals surface area contributed by atoms with Crippen LogP contribution in [0.1, 0.15) is 37.2 Å². The van der Waals surface area contributed by atoms with Crippen molar-refractivity contribution < 1.29 is 9.47 Å². The third kappa shape index (κ3) is 6.79. The van der Waals surface area contributed by atoms with Crippen LogP contribution in [0.5, 0.6) is 0 Å². The van der Waals surface area contributed by atoms with Crippen LogP contribution >= 0.6 is 11.6 Å². The Morgan fingerprint density at radius 2 is 1.95 bits per heavy atom. The monoisotopic (exact) mass is 311 g/mol. The van der Waals surface area contributed by atoms with Crippen LogP contribution in [0.15, 0.2) is 24.3 Å². The Labute approximate surface area is 133 Å². The summed E-state index contributed by atoms with van der Waals surface area (Å²) >= 11 is 5.98. The van der Waals surface area contributed by atoms with Gasteiger partial charge in [-0.15, -0.1) is 0 Å². The molecule has 0 amide bonds. The van der Waals surface area contributed by atoms with Gasteiger partial charge >= 0.3 is 0 Å². The third-order valence-corrected chi connectivity index (χ3v) is 4.10. The zero-order chi connectivity index (χ0) is 14.9. The molecule has 0 spiro atoms.